The van der Waals surface area contributed by atoms with E-state index in [1.165, 1.54) is 57.9 Å². The molecule has 0 spiro atoms. The molecule has 0 bridgehead atoms. The van der Waals surface area contributed by atoms with E-state index in [1.807, 2.05) is 0 Å². The van der Waals surface area contributed by atoms with Crippen LogP contribution < -0.4 is 0 Å². The minimum atomic E-state index is -1.39. The van der Waals surface area contributed by atoms with Crippen LogP contribution in [0.25, 0.3) is 0 Å². The van der Waals surface area contributed by atoms with Crippen LogP contribution in [0.2, 0.25) is 12.6 Å². The van der Waals surface area contributed by atoms with Crippen molar-refractivity contribution in [3.63, 3.8) is 0 Å². The zero-order chi connectivity index (χ0) is 14.0. The smallest absolute Gasteiger partial charge is 0.203 e. The van der Waals surface area contributed by atoms with Gasteiger partial charge in [0.2, 0.25) is 8.40 Å². The fourth-order valence-corrected chi connectivity index (χ4v) is 7.89. The molecule has 0 saturated heterocycles. The standard InChI is InChI=1S/C15H36N2Si/c1-7-12-13-14-15-18(6,16(8-2)9-3)17(10-4)11-5/h7-15H2,1-6H3. The predicted octanol–water partition coefficient (Wildman–Crippen LogP) is 4.32. The molecule has 0 amide bonds. The van der Waals surface area contributed by atoms with Gasteiger partial charge in [-0.1, -0.05) is 60.3 Å². The first kappa shape index (κ1) is 18.1. The molecule has 18 heavy (non-hydrogen) atoms. The third-order valence-electron chi connectivity index (χ3n) is 4.39. The average Bonchev–Trinajstić information content (AvgIpc) is 2.37. The van der Waals surface area contributed by atoms with Crippen LogP contribution in [-0.2, 0) is 0 Å². The van der Waals surface area contributed by atoms with Crippen molar-refractivity contribution >= 4 is 8.40 Å². The van der Waals surface area contributed by atoms with E-state index in [0.717, 1.165) is 0 Å². The largest absolute Gasteiger partial charge is 0.312 e. The van der Waals surface area contributed by atoms with Gasteiger partial charge in [-0.25, -0.2) is 0 Å². The highest BCUT2D eigenvalue weighted by molar-refractivity contribution is 6.73. The minimum Gasteiger partial charge on any atom is -0.312 e. The third-order valence-corrected chi connectivity index (χ3v) is 9.68. The van der Waals surface area contributed by atoms with E-state index in [1.54, 1.807) is 0 Å². The number of rotatable bonds is 11. The number of hydrogen-bond acceptors (Lipinski definition) is 2. The molecular weight excluding hydrogens is 236 g/mol. The van der Waals surface area contributed by atoms with Crippen molar-refractivity contribution in [3.05, 3.63) is 0 Å². The predicted molar refractivity (Wildman–Crippen MR) is 86.4 cm³/mol. The van der Waals surface area contributed by atoms with E-state index in [0.29, 0.717) is 0 Å². The van der Waals surface area contributed by atoms with Crippen LogP contribution >= 0.6 is 0 Å². The molecule has 0 unspecified atom stereocenters. The molecule has 0 aromatic rings. The molecule has 3 heteroatoms. The van der Waals surface area contributed by atoms with Crippen molar-refractivity contribution in [1.29, 1.82) is 0 Å². The van der Waals surface area contributed by atoms with Crippen LogP contribution in [0.4, 0.5) is 0 Å². The molecule has 0 N–H and O–H groups in total. The third kappa shape index (κ3) is 5.02. The zero-order valence-electron chi connectivity index (χ0n) is 13.8. The average molecular weight is 273 g/mol. The molecular formula is C15H36N2Si. The summed E-state index contributed by atoms with van der Waals surface area (Å²) < 4.78 is 5.54. The summed E-state index contributed by atoms with van der Waals surface area (Å²) in [4.78, 5) is 0. The normalized spacial score (nSPS) is 12.7. The highest BCUT2D eigenvalue weighted by Crippen LogP contribution is 2.23. The molecule has 0 aliphatic rings. The molecule has 0 heterocycles. The van der Waals surface area contributed by atoms with E-state index in [2.05, 4.69) is 50.3 Å². The Balaban J connectivity index is 4.67. The second kappa shape index (κ2) is 9.99. The Morgan fingerprint density at radius 2 is 1.11 bits per heavy atom. The quantitative estimate of drug-likeness (QED) is 0.408. The zero-order valence-corrected chi connectivity index (χ0v) is 14.8. The summed E-state index contributed by atoms with van der Waals surface area (Å²) in [6, 6.07) is 1.44. The first-order chi connectivity index (χ1) is 8.60. The Morgan fingerprint density at radius 1 is 0.667 bits per heavy atom. The molecule has 2 nitrogen and oxygen atoms in total. The van der Waals surface area contributed by atoms with Crippen molar-refractivity contribution in [3.8, 4) is 0 Å². The summed E-state index contributed by atoms with van der Waals surface area (Å²) in [5.41, 5.74) is 0. The van der Waals surface area contributed by atoms with Gasteiger partial charge >= 0.3 is 0 Å². The maximum Gasteiger partial charge on any atom is 0.203 e. The first-order valence-electron chi connectivity index (χ1n) is 8.10. The van der Waals surface area contributed by atoms with Crippen molar-refractivity contribution in [1.82, 2.24) is 9.13 Å². The van der Waals surface area contributed by atoms with Crippen molar-refractivity contribution in [2.24, 2.45) is 0 Å². The Bertz CT molecular complexity index is 177. The molecule has 0 aliphatic carbocycles. The van der Waals surface area contributed by atoms with Gasteiger partial charge in [-0.2, -0.15) is 0 Å². The van der Waals surface area contributed by atoms with Crippen LogP contribution in [-0.4, -0.2) is 43.7 Å². The molecule has 0 rings (SSSR count). The summed E-state index contributed by atoms with van der Waals surface area (Å²) in [7, 11) is -1.39. The molecule has 0 aliphatic heterocycles. The highest BCUT2D eigenvalue weighted by atomic mass is 28.3. The van der Waals surface area contributed by atoms with Crippen molar-refractivity contribution < 1.29 is 0 Å². The second-order valence-corrected chi connectivity index (χ2v) is 9.57. The van der Waals surface area contributed by atoms with Gasteiger partial charge in [0.15, 0.2) is 0 Å². The molecule has 0 aromatic carbocycles. The van der Waals surface area contributed by atoms with Gasteiger partial charge in [0, 0.05) is 0 Å². The van der Waals surface area contributed by atoms with Gasteiger partial charge in [0.1, 0.15) is 0 Å². The summed E-state index contributed by atoms with van der Waals surface area (Å²) in [6.45, 7) is 19.0. The van der Waals surface area contributed by atoms with Gasteiger partial charge < -0.3 is 9.13 Å². The van der Waals surface area contributed by atoms with Crippen molar-refractivity contribution in [2.75, 3.05) is 26.2 Å². The Hall–Kier alpha value is 0.137. The van der Waals surface area contributed by atoms with Gasteiger partial charge in [-0.15, -0.1) is 0 Å². The lowest BCUT2D eigenvalue weighted by Gasteiger charge is -2.46. The SMILES string of the molecule is CCCCCC[Si](C)(N(CC)CC)N(CC)CC. The summed E-state index contributed by atoms with van der Waals surface area (Å²) in [5, 5.41) is 0. The Morgan fingerprint density at radius 3 is 1.44 bits per heavy atom. The lowest BCUT2D eigenvalue weighted by Crippen LogP contribution is -2.63. The fraction of sp³-hybridized carbons (Fsp3) is 1.00. The van der Waals surface area contributed by atoms with E-state index in [-0.39, 0.29) is 0 Å². The molecule has 0 fully saturated rings. The Labute approximate surface area is 117 Å². The molecule has 0 radical (unpaired) electrons. The number of nitrogens with zero attached hydrogens (tertiary/aromatic N) is 2. The van der Waals surface area contributed by atoms with Crippen LogP contribution in [0.3, 0.4) is 0 Å². The summed E-state index contributed by atoms with van der Waals surface area (Å²) in [5.74, 6) is 0. The first-order valence-corrected chi connectivity index (χ1v) is 10.7. The van der Waals surface area contributed by atoms with Crippen LogP contribution in [0.1, 0.15) is 60.3 Å². The lowest BCUT2D eigenvalue weighted by molar-refractivity contribution is 0.352. The van der Waals surface area contributed by atoms with E-state index in [4.69, 9.17) is 0 Å². The van der Waals surface area contributed by atoms with Crippen LogP contribution in [0.5, 0.6) is 0 Å². The van der Waals surface area contributed by atoms with Gasteiger partial charge in [0.05, 0.1) is 0 Å². The minimum absolute atomic E-state index is 1.21. The van der Waals surface area contributed by atoms with Gasteiger partial charge in [-0.05, 0) is 38.8 Å². The van der Waals surface area contributed by atoms with Crippen molar-refractivity contribution in [2.45, 2.75) is 72.9 Å². The lowest BCUT2D eigenvalue weighted by atomic mass is 10.2. The van der Waals surface area contributed by atoms with E-state index < -0.39 is 8.40 Å². The maximum atomic E-state index is 2.77. The second-order valence-electron chi connectivity index (χ2n) is 5.37. The molecule has 0 atom stereocenters. The fourth-order valence-electron chi connectivity index (χ4n) is 3.21. The summed E-state index contributed by atoms with van der Waals surface area (Å²) in [6.07, 6.45) is 5.58. The Kier molecular flexibility index (Phi) is 10.1. The number of hydrogen-bond donors (Lipinski definition) is 0. The highest BCUT2D eigenvalue weighted by Gasteiger charge is 2.37. The van der Waals surface area contributed by atoms with Crippen LogP contribution in [0, 0.1) is 0 Å². The van der Waals surface area contributed by atoms with E-state index in [9.17, 15) is 0 Å². The summed E-state index contributed by atoms with van der Waals surface area (Å²) >= 11 is 0. The van der Waals surface area contributed by atoms with E-state index >= 15 is 0 Å². The van der Waals surface area contributed by atoms with Gasteiger partial charge in [0.25, 0.3) is 0 Å². The maximum absolute atomic E-state index is 2.77. The monoisotopic (exact) mass is 272 g/mol. The molecule has 0 saturated carbocycles. The number of unbranched alkanes of at least 4 members (excludes halogenated alkanes) is 3. The van der Waals surface area contributed by atoms with Crippen LogP contribution in [0.15, 0.2) is 0 Å². The topological polar surface area (TPSA) is 6.48 Å². The molecule has 0 aromatic heterocycles. The molecule has 110 valence electrons. The van der Waals surface area contributed by atoms with Gasteiger partial charge in [-0.3, -0.25) is 0 Å².